The predicted molar refractivity (Wildman–Crippen MR) is 222 cm³/mol. The van der Waals surface area contributed by atoms with Crippen LogP contribution in [-0.2, 0) is 0 Å². The Bertz CT molecular complexity index is 2320. The number of anilines is 6. The van der Waals surface area contributed by atoms with Crippen LogP contribution in [0.4, 0.5) is 34.1 Å². The summed E-state index contributed by atoms with van der Waals surface area (Å²) in [6.07, 6.45) is 0. The molecule has 0 N–H and O–H groups in total. The van der Waals surface area contributed by atoms with Crippen LogP contribution >= 0.6 is 0 Å². The topological polar surface area (TPSA) is 6.48 Å². The number of hydrogen-bond donors (Lipinski definition) is 0. The van der Waals surface area contributed by atoms with E-state index in [4.69, 9.17) is 0 Å². The number of benzene rings is 9. The minimum absolute atomic E-state index is 1.12. The van der Waals surface area contributed by atoms with Crippen molar-refractivity contribution < 1.29 is 0 Å². The fourth-order valence-electron chi connectivity index (χ4n) is 7.22. The maximum Gasteiger partial charge on any atom is 0.0462 e. The zero-order valence-electron chi connectivity index (χ0n) is 28.7. The molecule has 9 rings (SSSR count). The van der Waals surface area contributed by atoms with E-state index in [0.29, 0.717) is 0 Å². The van der Waals surface area contributed by atoms with Gasteiger partial charge in [0.15, 0.2) is 0 Å². The molecule has 2 nitrogen and oxygen atoms in total. The molecule has 0 heterocycles. The van der Waals surface area contributed by atoms with Gasteiger partial charge in [0.2, 0.25) is 0 Å². The Morgan fingerprint density at radius 1 is 0.212 bits per heavy atom. The minimum atomic E-state index is 1.12. The van der Waals surface area contributed by atoms with Crippen molar-refractivity contribution in [2.24, 2.45) is 0 Å². The molecule has 0 radical (unpaired) electrons. The molecule has 0 saturated heterocycles. The molecule has 0 aromatic heterocycles. The van der Waals surface area contributed by atoms with E-state index in [2.05, 4.69) is 228 Å². The van der Waals surface area contributed by atoms with Crippen molar-refractivity contribution in [3.8, 4) is 22.3 Å². The molecule has 0 spiro atoms. The summed E-state index contributed by atoms with van der Waals surface area (Å²) in [4.78, 5) is 4.60. The lowest BCUT2D eigenvalue weighted by atomic mass is 9.94. The quantitative estimate of drug-likeness (QED) is 0.149. The summed E-state index contributed by atoms with van der Waals surface area (Å²) in [5, 5.41) is 4.99. The van der Waals surface area contributed by atoms with E-state index in [1.807, 2.05) is 0 Å². The second-order valence-corrected chi connectivity index (χ2v) is 13.0. The Hall–Kier alpha value is -6.90. The first-order valence-corrected chi connectivity index (χ1v) is 17.8. The van der Waals surface area contributed by atoms with Gasteiger partial charge in [0.25, 0.3) is 0 Å². The molecule has 0 atom stereocenters. The molecule has 0 saturated carbocycles. The maximum atomic E-state index is 2.35. The van der Waals surface area contributed by atoms with Crippen LogP contribution in [-0.4, -0.2) is 0 Å². The smallest absolute Gasteiger partial charge is 0.0462 e. The van der Waals surface area contributed by atoms with Crippen LogP contribution in [0.3, 0.4) is 0 Å². The van der Waals surface area contributed by atoms with Crippen LogP contribution in [0.25, 0.3) is 43.8 Å². The van der Waals surface area contributed by atoms with E-state index in [1.165, 1.54) is 43.8 Å². The number of rotatable bonds is 8. The summed E-state index contributed by atoms with van der Waals surface area (Å²) < 4.78 is 0. The first kappa shape index (κ1) is 31.1. The Morgan fingerprint density at radius 3 is 0.769 bits per heavy atom. The van der Waals surface area contributed by atoms with Crippen LogP contribution in [0.1, 0.15) is 0 Å². The van der Waals surface area contributed by atoms with Crippen LogP contribution < -0.4 is 9.80 Å². The molecule has 0 aliphatic rings. The molecule has 0 amide bonds. The maximum absolute atomic E-state index is 2.35. The summed E-state index contributed by atoms with van der Waals surface area (Å²) in [6, 6.07) is 78.2. The Labute approximate surface area is 305 Å². The van der Waals surface area contributed by atoms with Gasteiger partial charge >= 0.3 is 0 Å². The van der Waals surface area contributed by atoms with Crippen LogP contribution in [0.5, 0.6) is 0 Å². The first-order chi connectivity index (χ1) is 25.8. The lowest BCUT2D eigenvalue weighted by Gasteiger charge is -2.25. The van der Waals surface area contributed by atoms with Gasteiger partial charge in [0, 0.05) is 34.1 Å². The van der Waals surface area contributed by atoms with Gasteiger partial charge in [0.05, 0.1) is 0 Å². The fourth-order valence-corrected chi connectivity index (χ4v) is 7.22. The summed E-state index contributed by atoms with van der Waals surface area (Å²) in [6.45, 7) is 0. The zero-order valence-corrected chi connectivity index (χ0v) is 28.7. The van der Waals surface area contributed by atoms with Crippen LogP contribution in [0.2, 0.25) is 0 Å². The standard InChI is InChI=1S/C50H36N2/c1-5-13-43(14-6-1)51(44-15-7-2-8-16-44)47-31-27-37(28-32-47)41-25-23-39-21-22-40-24-26-42(36-50(40)49(39)35-41)38-29-33-48(34-30-38)52(45-17-9-3-10-18-45)46-19-11-4-12-20-46/h1-36H. The second kappa shape index (κ2) is 13.8. The summed E-state index contributed by atoms with van der Waals surface area (Å²) >= 11 is 0. The van der Waals surface area contributed by atoms with Crippen molar-refractivity contribution >= 4 is 55.7 Å². The molecular formula is C50H36N2. The zero-order chi connectivity index (χ0) is 34.7. The van der Waals surface area contributed by atoms with Crippen molar-refractivity contribution in [2.45, 2.75) is 0 Å². The van der Waals surface area contributed by atoms with Gasteiger partial charge in [-0.15, -0.1) is 0 Å². The molecule has 246 valence electrons. The summed E-state index contributed by atoms with van der Waals surface area (Å²) in [5.74, 6) is 0. The Morgan fingerprint density at radius 2 is 0.462 bits per heavy atom. The summed E-state index contributed by atoms with van der Waals surface area (Å²) in [7, 11) is 0. The third kappa shape index (κ3) is 6.08. The van der Waals surface area contributed by atoms with Gasteiger partial charge in [0.1, 0.15) is 0 Å². The highest BCUT2D eigenvalue weighted by molar-refractivity contribution is 6.10. The van der Waals surface area contributed by atoms with Gasteiger partial charge in [-0.05, 0) is 129 Å². The van der Waals surface area contributed by atoms with Gasteiger partial charge in [-0.2, -0.15) is 0 Å². The van der Waals surface area contributed by atoms with Crippen molar-refractivity contribution in [2.75, 3.05) is 9.80 Å². The molecule has 9 aromatic rings. The molecule has 52 heavy (non-hydrogen) atoms. The molecule has 0 bridgehead atoms. The number of hydrogen-bond acceptors (Lipinski definition) is 2. The number of nitrogens with zero attached hydrogens (tertiary/aromatic N) is 2. The average molecular weight is 665 g/mol. The monoisotopic (exact) mass is 664 g/mol. The minimum Gasteiger partial charge on any atom is -0.311 e. The Balaban J connectivity index is 1.06. The number of para-hydroxylation sites is 4. The highest BCUT2D eigenvalue weighted by atomic mass is 15.1. The predicted octanol–water partition coefficient (Wildman–Crippen LogP) is 14.3. The van der Waals surface area contributed by atoms with E-state index in [9.17, 15) is 0 Å². The van der Waals surface area contributed by atoms with Gasteiger partial charge in [-0.3, -0.25) is 0 Å². The van der Waals surface area contributed by atoms with Gasteiger partial charge in [-0.25, -0.2) is 0 Å². The largest absolute Gasteiger partial charge is 0.311 e. The normalized spacial score (nSPS) is 11.1. The second-order valence-electron chi connectivity index (χ2n) is 13.0. The third-order valence-electron chi connectivity index (χ3n) is 9.81. The average Bonchev–Trinajstić information content (AvgIpc) is 3.23. The Kier molecular flexibility index (Phi) is 8.24. The SMILES string of the molecule is c1ccc(N(c2ccccc2)c2ccc(-c3ccc4ccc5ccc(-c6ccc(N(c7ccccc7)c7ccccc7)cc6)cc5c4c3)cc2)cc1. The molecule has 2 heteroatoms. The third-order valence-corrected chi connectivity index (χ3v) is 9.81. The lowest BCUT2D eigenvalue weighted by molar-refractivity contribution is 1.28. The lowest BCUT2D eigenvalue weighted by Crippen LogP contribution is -2.09. The summed E-state index contributed by atoms with van der Waals surface area (Å²) in [5.41, 5.74) is 11.6. The molecule has 0 unspecified atom stereocenters. The number of fused-ring (bicyclic) bond motifs is 3. The van der Waals surface area contributed by atoms with Crippen molar-refractivity contribution in [1.82, 2.24) is 0 Å². The van der Waals surface area contributed by atoms with Crippen molar-refractivity contribution in [3.63, 3.8) is 0 Å². The van der Waals surface area contributed by atoms with Gasteiger partial charge < -0.3 is 9.80 Å². The molecule has 0 aliphatic heterocycles. The van der Waals surface area contributed by atoms with E-state index in [0.717, 1.165) is 34.1 Å². The van der Waals surface area contributed by atoms with Gasteiger partial charge in [-0.1, -0.05) is 133 Å². The first-order valence-electron chi connectivity index (χ1n) is 17.8. The van der Waals surface area contributed by atoms with Crippen molar-refractivity contribution in [1.29, 1.82) is 0 Å². The fraction of sp³-hybridized carbons (Fsp3) is 0. The molecule has 0 aliphatic carbocycles. The molecule has 0 fully saturated rings. The highest BCUT2D eigenvalue weighted by Crippen LogP contribution is 2.38. The van der Waals surface area contributed by atoms with E-state index in [1.54, 1.807) is 0 Å². The molecular weight excluding hydrogens is 629 g/mol. The van der Waals surface area contributed by atoms with E-state index in [-0.39, 0.29) is 0 Å². The van der Waals surface area contributed by atoms with E-state index < -0.39 is 0 Å². The van der Waals surface area contributed by atoms with Crippen LogP contribution in [0, 0.1) is 0 Å². The van der Waals surface area contributed by atoms with Crippen molar-refractivity contribution in [3.05, 3.63) is 218 Å². The van der Waals surface area contributed by atoms with Crippen LogP contribution in [0.15, 0.2) is 218 Å². The highest BCUT2D eigenvalue weighted by Gasteiger charge is 2.14. The van der Waals surface area contributed by atoms with E-state index >= 15 is 0 Å². The molecule has 9 aromatic carbocycles.